The predicted molar refractivity (Wildman–Crippen MR) is 81.7 cm³/mol. The number of ether oxygens (including phenoxy) is 2. The van der Waals surface area contributed by atoms with Crippen LogP contribution in [0.4, 0.5) is 8.78 Å². The van der Waals surface area contributed by atoms with Gasteiger partial charge >= 0.3 is 0 Å². The molecule has 7 heteroatoms. The summed E-state index contributed by atoms with van der Waals surface area (Å²) in [6, 6.07) is 6.05. The van der Waals surface area contributed by atoms with Gasteiger partial charge in [0.2, 0.25) is 5.91 Å². The number of hydrogen-bond acceptors (Lipinski definition) is 4. The Labute approximate surface area is 134 Å². The van der Waals surface area contributed by atoms with Gasteiger partial charge in [-0.25, -0.2) is 8.78 Å². The number of carbonyl (C=O) groups is 1. The maximum Gasteiger partial charge on any atom is 0.262 e. The highest BCUT2D eigenvalue weighted by molar-refractivity contribution is 5.82. The van der Waals surface area contributed by atoms with Gasteiger partial charge in [-0.2, -0.15) is 0 Å². The predicted octanol–water partition coefficient (Wildman–Crippen LogP) is 1.88. The van der Waals surface area contributed by atoms with Gasteiger partial charge in [-0.1, -0.05) is 12.1 Å². The van der Waals surface area contributed by atoms with Gasteiger partial charge in [0.1, 0.15) is 11.9 Å². The zero-order valence-electron chi connectivity index (χ0n) is 13.4. The van der Waals surface area contributed by atoms with Crippen molar-refractivity contribution < 1.29 is 23.0 Å². The highest BCUT2D eigenvalue weighted by Gasteiger charge is 2.42. The maximum atomic E-state index is 13.2. The summed E-state index contributed by atoms with van der Waals surface area (Å²) in [6.07, 6.45) is -0.863. The summed E-state index contributed by atoms with van der Waals surface area (Å²) < 4.78 is 36.9. The monoisotopic (exact) mass is 328 g/mol. The second-order valence-corrected chi connectivity index (χ2v) is 5.72. The van der Waals surface area contributed by atoms with Crippen molar-refractivity contribution in [1.29, 1.82) is 0 Å². The smallest absolute Gasteiger partial charge is 0.262 e. The van der Waals surface area contributed by atoms with Gasteiger partial charge in [0, 0.05) is 13.5 Å². The number of carbonyl (C=O) groups excluding carboxylic acids is 1. The Hall–Kier alpha value is -1.73. The van der Waals surface area contributed by atoms with E-state index in [1.807, 2.05) is 12.1 Å². The Balaban J connectivity index is 1.99. The summed E-state index contributed by atoms with van der Waals surface area (Å²) in [4.78, 5) is 12.1. The Morgan fingerprint density at radius 3 is 2.48 bits per heavy atom. The Bertz CT molecular complexity index is 537. The molecule has 0 saturated carbocycles. The lowest BCUT2D eigenvalue weighted by molar-refractivity contribution is -0.125. The second-order valence-electron chi connectivity index (χ2n) is 5.72. The molecule has 3 atom stereocenters. The van der Waals surface area contributed by atoms with E-state index in [0.717, 1.165) is 11.3 Å². The maximum absolute atomic E-state index is 13.2. The lowest BCUT2D eigenvalue weighted by Crippen LogP contribution is -2.46. The average molecular weight is 328 g/mol. The fourth-order valence-corrected chi connectivity index (χ4v) is 2.72. The molecule has 23 heavy (non-hydrogen) atoms. The second kappa shape index (κ2) is 7.23. The molecule has 2 N–H and O–H groups in total. The third-order valence-electron chi connectivity index (χ3n) is 3.95. The summed E-state index contributed by atoms with van der Waals surface area (Å²) in [6.45, 7) is 1.31. The zero-order valence-corrected chi connectivity index (χ0v) is 13.4. The fraction of sp³-hybridized carbons (Fsp3) is 0.562. The highest BCUT2D eigenvalue weighted by Crippen LogP contribution is 2.26. The van der Waals surface area contributed by atoms with E-state index < -0.39 is 30.8 Å². The van der Waals surface area contributed by atoms with Crippen LogP contribution in [0.2, 0.25) is 0 Å². The number of methoxy groups -OCH3 is 2. The van der Waals surface area contributed by atoms with Crippen molar-refractivity contribution in [3.05, 3.63) is 29.8 Å². The van der Waals surface area contributed by atoms with Gasteiger partial charge in [0.15, 0.2) is 0 Å². The molecule has 1 heterocycles. The first-order chi connectivity index (χ1) is 10.9. The molecule has 1 aliphatic rings. The molecule has 3 unspecified atom stereocenters. The number of hydrogen-bond donors (Lipinski definition) is 2. The summed E-state index contributed by atoms with van der Waals surface area (Å²) >= 11 is 0. The quantitative estimate of drug-likeness (QED) is 0.837. The molecular formula is C16H22F2N2O3. The van der Waals surface area contributed by atoms with E-state index in [9.17, 15) is 13.6 Å². The van der Waals surface area contributed by atoms with E-state index in [4.69, 9.17) is 9.47 Å². The van der Waals surface area contributed by atoms with Crippen LogP contribution in [-0.4, -0.2) is 44.7 Å². The van der Waals surface area contributed by atoms with Crippen LogP contribution in [0.25, 0.3) is 0 Å². The SMILES string of the molecule is COc1ccc(C(OC)C(C)NC(=O)C2CC(F)(F)CN2)cc1. The molecular weight excluding hydrogens is 306 g/mol. The van der Waals surface area contributed by atoms with Crippen molar-refractivity contribution in [2.24, 2.45) is 0 Å². The van der Waals surface area contributed by atoms with Crippen LogP contribution in [0.15, 0.2) is 24.3 Å². The molecule has 0 spiro atoms. The van der Waals surface area contributed by atoms with Crippen molar-refractivity contribution in [3.8, 4) is 5.75 Å². The molecule has 1 aromatic carbocycles. The number of amides is 1. The molecule has 1 aromatic rings. The summed E-state index contributed by atoms with van der Waals surface area (Å²) in [5.41, 5.74) is 0.866. The van der Waals surface area contributed by atoms with Gasteiger partial charge in [0.25, 0.3) is 5.92 Å². The number of benzene rings is 1. The van der Waals surface area contributed by atoms with Crippen LogP contribution in [-0.2, 0) is 9.53 Å². The van der Waals surface area contributed by atoms with Gasteiger partial charge in [-0.15, -0.1) is 0 Å². The van der Waals surface area contributed by atoms with Crippen LogP contribution in [0.5, 0.6) is 5.75 Å². The van der Waals surface area contributed by atoms with Crippen LogP contribution >= 0.6 is 0 Å². The topological polar surface area (TPSA) is 59.6 Å². The Kier molecular flexibility index (Phi) is 5.54. The molecule has 2 rings (SSSR count). The van der Waals surface area contributed by atoms with E-state index >= 15 is 0 Å². The van der Waals surface area contributed by atoms with Gasteiger partial charge in [0.05, 0.1) is 25.7 Å². The van der Waals surface area contributed by atoms with Crippen molar-refractivity contribution in [1.82, 2.24) is 10.6 Å². The van der Waals surface area contributed by atoms with E-state index in [-0.39, 0.29) is 12.1 Å². The molecule has 1 fully saturated rings. The first kappa shape index (κ1) is 17.6. The van der Waals surface area contributed by atoms with Crippen molar-refractivity contribution in [2.75, 3.05) is 20.8 Å². The lowest BCUT2D eigenvalue weighted by atomic mass is 10.0. The van der Waals surface area contributed by atoms with E-state index in [2.05, 4.69) is 10.6 Å². The van der Waals surface area contributed by atoms with Crippen molar-refractivity contribution in [3.63, 3.8) is 0 Å². The molecule has 1 aliphatic heterocycles. The molecule has 0 aliphatic carbocycles. The summed E-state index contributed by atoms with van der Waals surface area (Å²) in [5.74, 6) is -2.55. The van der Waals surface area contributed by atoms with E-state index in [0.29, 0.717) is 0 Å². The van der Waals surface area contributed by atoms with Gasteiger partial charge in [-0.3, -0.25) is 10.1 Å². The number of nitrogens with one attached hydrogen (secondary N) is 2. The summed E-state index contributed by atoms with van der Waals surface area (Å²) in [5, 5.41) is 5.29. The minimum atomic E-state index is -2.83. The van der Waals surface area contributed by atoms with Crippen LogP contribution in [0, 0.1) is 0 Å². The molecule has 128 valence electrons. The molecule has 5 nitrogen and oxygen atoms in total. The summed E-state index contributed by atoms with van der Waals surface area (Å²) in [7, 11) is 3.12. The largest absolute Gasteiger partial charge is 0.497 e. The number of alkyl halides is 2. The van der Waals surface area contributed by atoms with Crippen LogP contribution in [0.1, 0.15) is 25.0 Å². The Morgan fingerprint density at radius 1 is 1.35 bits per heavy atom. The van der Waals surface area contributed by atoms with Gasteiger partial charge in [-0.05, 0) is 24.6 Å². The molecule has 0 bridgehead atoms. The first-order valence-electron chi connectivity index (χ1n) is 7.44. The third-order valence-corrected chi connectivity index (χ3v) is 3.95. The molecule has 0 radical (unpaired) electrons. The number of rotatable bonds is 6. The van der Waals surface area contributed by atoms with Crippen molar-refractivity contribution >= 4 is 5.91 Å². The van der Waals surface area contributed by atoms with Crippen LogP contribution < -0.4 is 15.4 Å². The lowest BCUT2D eigenvalue weighted by Gasteiger charge is -2.25. The minimum Gasteiger partial charge on any atom is -0.497 e. The molecule has 1 amide bonds. The first-order valence-corrected chi connectivity index (χ1v) is 7.44. The fourth-order valence-electron chi connectivity index (χ4n) is 2.72. The van der Waals surface area contributed by atoms with Crippen LogP contribution in [0.3, 0.4) is 0 Å². The molecule has 1 saturated heterocycles. The van der Waals surface area contributed by atoms with E-state index in [1.54, 1.807) is 33.3 Å². The van der Waals surface area contributed by atoms with Gasteiger partial charge < -0.3 is 14.8 Å². The average Bonchev–Trinajstić information content (AvgIpc) is 2.89. The Morgan fingerprint density at radius 2 is 2.00 bits per heavy atom. The van der Waals surface area contributed by atoms with Crippen molar-refractivity contribution in [2.45, 2.75) is 37.5 Å². The zero-order chi connectivity index (χ0) is 17.0. The third kappa shape index (κ3) is 4.39. The molecule has 0 aromatic heterocycles. The minimum absolute atomic E-state index is 0.364. The van der Waals surface area contributed by atoms with E-state index in [1.165, 1.54) is 0 Å². The number of halogens is 2. The normalized spacial score (nSPS) is 22.4. The standard InChI is InChI=1S/C16H22F2N2O3/c1-10(20-15(21)13-8-16(17,18)9-19-13)14(23-3)11-4-6-12(22-2)7-5-11/h4-7,10,13-14,19H,8-9H2,1-3H3,(H,20,21). The highest BCUT2D eigenvalue weighted by atomic mass is 19.3.